The molecule has 2 aliphatic heterocycles. The maximum atomic E-state index is 14.3. The van der Waals surface area contributed by atoms with Crippen LogP contribution in [0.3, 0.4) is 0 Å². The van der Waals surface area contributed by atoms with E-state index in [1.807, 2.05) is 72.8 Å². The van der Waals surface area contributed by atoms with Gasteiger partial charge in [0.15, 0.2) is 0 Å². The second-order valence-electron chi connectivity index (χ2n) is 12.5. The van der Waals surface area contributed by atoms with Gasteiger partial charge >= 0.3 is 5.97 Å². The van der Waals surface area contributed by atoms with Crippen molar-refractivity contribution < 1.29 is 47.8 Å². The monoisotopic (exact) mass is 840 g/mol. The van der Waals surface area contributed by atoms with E-state index in [4.69, 9.17) is 9.47 Å². The number of methoxy groups -OCH3 is 1. The Balaban J connectivity index is 0.00000464. The number of carbonyl (C=O) groups is 3. The van der Waals surface area contributed by atoms with Gasteiger partial charge in [-0.3, -0.25) is 14.5 Å². The molecule has 2 amide bonds. The summed E-state index contributed by atoms with van der Waals surface area (Å²) in [6, 6.07) is 47.4. The first-order valence-corrected chi connectivity index (χ1v) is 19.8. The molecular weight excluding hydrogens is 802 g/mol. The molecule has 5 aromatic carbocycles. The summed E-state index contributed by atoms with van der Waals surface area (Å²) in [5.74, 6) is 0.101. The summed E-state index contributed by atoms with van der Waals surface area (Å²) in [6.07, 6.45) is 0.699. The zero-order valence-corrected chi connectivity index (χ0v) is 32.4. The Kier molecular flexibility index (Phi) is 12.1. The highest BCUT2D eigenvalue weighted by Gasteiger charge is 2.56. The van der Waals surface area contributed by atoms with Crippen molar-refractivity contribution in [3.8, 4) is 5.75 Å². The minimum Gasteiger partial charge on any atom is -1.00 e. The first-order chi connectivity index (χ1) is 25.0. The second kappa shape index (κ2) is 16.9. The van der Waals surface area contributed by atoms with E-state index in [0.717, 1.165) is 16.7 Å². The van der Waals surface area contributed by atoms with Crippen LogP contribution in [0.5, 0.6) is 5.75 Å². The molecule has 0 radical (unpaired) electrons. The Morgan fingerprint density at radius 1 is 0.750 bits per heavy atom. The van der Waals surface area contributed by atoms with E-state index in [1.54, 1.807) is 23.8 Å². The molecule has 7 rings (SSSR count). The van der Waals surface area contributed by atoms with Crippen molar-refractivity contribution in [1.29, 1.82) is 0 Å². The van der Waals surface area contributed by atoms with Gasteiger partial charge in [0.05, 0.1) is 19.7 Å². The number of esters is 1. The number of nitrogens with one attached hydrogen (secondary N) is 1. The number of halogens is 1. The molecule has 0 saturated carbocycles. The average Bonchev–Trinajstić information content (AvgIpc) is 3.19. The second-order valence-corrected chi connectivity index (χ2v) is 17.1. The zero-order chi connectivity index (χ0) is 35.2. The Hall–Kier alpha value is -4.44. The van der Waals surface area contributed by atoms with Gasteiger partial charge in [0.2, 0.25) is 5.91 Å². The maximum Gasteiger partial charge on any atom is 0.355 e. The van der Waals surface area contributed by atoms with Crippen LogP contribution >= 0.6 is 19.0 Å². The number of fused-ring (bicyclic) bond motifs is 1. The molecule has 0 spiro atoms. The molecule has 1 unspecified atom stereocenters. The molecule has 0 aliphatic carbocycles. The standard InChI is InChI=1S/C42H37N2O5PS.HI/c1-48-33-24-22-31(23-25-33)27-49-42(47)39-32(29-51-41-38(40(46)44(39)41)43-37(45)26-30-14-6-2-7-15-30)28-50(34-16-8-3-9-17-34,35-18-10-4-11-19-35)36-20-12-5-13-21-36;/h2-25,38,41H,26-29H2,1H3;1H/t38?,41-;/m0./s1. The highest BCUT2D eigenvalue weighted by Crippen LogP contribution is 2.58. The first-order valence-electron chi connectivity index (χ1n) is 16.8. The van der Waals surface area contributed by atoms with E-state index in [-0.39, 0.29) is 54.5 Å². The number of amides is 2. The molecule has 2 atom stereocenters. The predicted octanol–water partition coefficient (Wildman–Crippen LogP) is 2.63. The highest BCUT2D eigenvalue weighted by molar-refractivity contribution is 8.00. The van der Waals surface area contributed by atoms with Gasteiger partial charge < -0.3 is 38.8 Å². The van der Waals surface area contributed by atoms with E-state index in [9.17, 15) is 14.4 Å². The largest absolute Gasteiger partial charge is 1.00 e. The summed E-state index contributed by atoms with van der Waals surface area (Å²) in [7, 11) is -0.802. The maximum absolute atomic E-state index is 14.3. The fraction of sp³-hybridized carbons (Fsp3) is 0.167. The van der Waals surface area contributed by atoms with E-state index < -0.39 is 24.6 Å². The topological polar surface area (TPSA) is 84.9 Å². The number of carbonyl (C=O) groups excluding carboxylic acids is 3. The molecule has 0 bridgehead atoms. The smallest absolute Gasteiger partial charge is 0.355 e. The lowest BCUT2D eigenvalue weighted by atomic mass is 10.0. The Morgan fingerprint density at radius 3 is 1.79 bits per heavy atom. The van der Waals surface area contributed by atoms with Crippen LogP contribution in [0.15, 0.2) is 157 Å². The molecular formula is C42H38IN2O5PS. The first kappa shape index (κ1) is 37.3. The van der Waals surface area contributed by atoms with E-state index in [2.05, 4.69) is 78.1 Å². The number of β-lactam (4-membered cyclic amide) rings is 1. The highest BCUT2D eigenvalue weighted by atomic mass is 127. The molecule has 7 nitrogen and oxygen atoms in total. The number of benzene rings is 5. The van der Waals surface area contributed by atoms with Gasteiger partial charge in [0.25, 0.3) is 5.91 Å². The Morgan fingerprint density at radius 2 is 1.27 bits per heavy atom. The van der Waals surface area contributed by atoms with Crippen LogP contribution in [0.4, 0.5) is 0 Å². The third-order valence-corrected chi connectivity index (χ3v) is 15.0. The van der Waals surface area contributed by atoms with Gasteiger partial charge in [-0.15, -0.1) is 11.8 Å². The molecule has 52 heavy (non-hydrogen) atoms. The molecule has 2 aliphatic rings. The molecule has 1 fully saturated rings. The van der Waals surface area contributed by atoms with Gasteiger partial charge in [-0.2, -0.15) is 0 Å². The molecule has 264 valence electrons. The van der Waals surface area contributed by atoms with Crippen molar-refractivity contribution in [3.63, 3.8) is 0 Å². The molecule has 1 saturated heterocycles. The third-order valence-electron chi connectivity index (χ3n) is 9.31. The predicted molar refractivity (Wildman–Crippen MR) is 205 cm³/mol. The van der Waals surface area contributed by atoms with Crippen molar-refractivity contribution in [3.05, 3.63) is 168 Å². The minimum atomic E-state index is -2.40. The van der Waals surface area contributed by atoms with E-state index in [1.165, 1.54) is 15.9 Å². The van der Waals surface area contributed by atoms with Crippen LogP contribution in [0.2, 0.25) is 0 Å². The SMILES string of the molecule is COc1ccc(COC(=O)C2=C(C[P+](c3ccccc3)(c3ccccc3)c3ccccc3)CS[C@H]3C(NC(=O)Cc4ccccc4)C(=O)N23)cc1.[I-]. The molecule has 5 aromatic rings. The molecule has 1 N–H and O–H groups in total. The van der Waals surface area contributed by atoms with Crippen LogP contribution < -0.4 is 49.9 Å². The number of rotatable bonds is 12. The van der Waals surface area contributed by atoms with Gasteiger partial charge in [0.1, 0.15) is 52.6 Å². The van der Waals surface area contributed by atoms with Crippen LogP contribution in [0.1, 0.15) is 11.1 Å². The molecule has 2 heterocycles. The van der Waals surface area contributed by atoms with Gasteiger partial charge in [-0.25, -0.2) is 4.79 Å². The number of ether oxygens (including phenoxy) is 2. The lowest BCUT2D eigenvalue weighted by molar-refractivity contribution is -0.153. The fourth-order valence-electron chi connectivity index (χ4n) is 6.79. The summed E-state index contributed by atoms with van der Waals surface area (Å²) in [5, 5.41) is 6.05. The quantitative estimate of drug-likeness (QED) is 0.0902. The van der Waals surface area contributed by atoms with Crippen molar-refractivity contribution >= 4 is 52.7 Å². The van der Waals surface area contributed by atoms with Gasteiger partial charge in [-0.05, 0) is 59.7 Å². The van der Waals surface area contributed by atoms with Crippen LogP contribution in [0, 0.1) is 0 Å². The van der Waals surface area contributed by atoms with Crippen molar-refractivity contribution in [2.24, 2.45) is 0 Å². The zero-order valence-electron chi connectivity index (χ0n) is 28.6. The van der Waals surface area contributed by atoms with Crippen LogP contribution in [-0.2, 0) is 32.1 Å². The van der Waals surface area contributed by atoms with Gasteiger partial charge in [-0.1, -0.05) is 97.1 Å². The lowest BCUT2D eigenvalue weighted by Crippen LogP contribution is -3.00. The summed E-state index contributed by atoms with van der Waals surface area (Å²) in [4.78, 5) is 43.0. The number of hydrogen-bond donors (Lipinski definition) is 1. The number of hydrogen-bond acceptors (Lipinski definition) is 6. The van der Waals surface area contributed by atoms with Crippen LogP contribution in [-0.4, -0.2) is 53.1 Å². The Bertz CT molecular complexity index is 1940. The molecule has 10 heteroatoms. The average molecular weight is 841 g/mol. The fourth-order valence-corrected chi connectivity index (χ4v) is 12.6. The van der Waals surface area contributed by atoms with Crippen molar-refractivity contribution in [2.75, 3.05) is 19.0 Å². The van der Waals surface area contributed by atoms with Crippen LogP contribution in [0.25, 0.3) is 0 Å². The van der Waals surface area contributed by atoms with E-state index in [0.29, 0.717) is 17.7 Å². The summed E-state index contributed by atoms with van der Waals surface area (Å²) in [5.41, 5.74) is 2.79. The summed E-state index contributed by atoms with van der Waals surface area (Å²) >= 11 is 1.58. The Labute approximate surface area is 326 Å². The minimum absolute atomic E-state index is 0. The number of thioether (sulfide) groups is 1. The normalized spacial score (nSPS) is 16.6. The van der Waals surface area contributed by atoms with Crippen molar-refractivity contribution in [2.45, 2.75) is 24.4 Å². The summed E-state index contributed by atoms with van der Waals surface area (Å²) < 4.78 is 11.3. The van der Waals surface area contributed by atoms with Gasteiger partial charge in [0, 0.05) is 11.3 Å². The number of nitrogens with zero attached hydrogens (tertiary/aromatic N) is 1. The lowest BCUT2D eigenvalue weighted by Gasteiger charge is -2.50. The van der Waals surface area contributed by atoms with Crippen molar-refractivity contribution in [1.82, 2.24) is 10.2 Å². The molecule has 0 aromatic heterocycles. The summed E-state index contributed by atoms with van der Waals surface area (Å²) in [6.45, 7) is 0.0348. The third kappa shape index (κ3) is 7.68. The van der Waals surface area contributed by atoms with E-state index >= 15 is 0 Å².